The van der Waals surface area contributed by atoms with Crippen LogP contribution in [0.2, 0.25) is 0 Å². The molecule has 0 spiro atoms. The maximum Gasteiger partial charge on any atom is 0.290 e. The third-order valence-electron chi connectivity index (χ3n) is 2.85. The lowest BCUT2D eigenvalue weighted by atomic mass is 10.1. The Bertz CT molecular complexity index is 653. The first-order valence-corrected chi connectivity index (χ1v) is 6.68. The van der Waals surface area contributed by atoms with Gasteiger partial charge in [0.2, 0.25) is 5.95 Å². The lowest BCUT2D eigenvalue weighted by Gasteiger charge is -2.12. The van der Waals surface area contributed by atoms with Gasteiger partial charge in [0.25, 0.3) is 12.0 Å². The van der Waals surface area contributed by atoms with Crippen molar-refractivity contribution in [1.29, 1.82) is 0 Å². The van der Waals surface area contributed by atoms with E-state index in [1.54, 1.807) is 0 Å². The van der Waals surface area contributed by atoms with E-state index in [4.69, 9.17) is 20.4 Å². The molecule has 22 heavy (non-hydrogen) atoms. The van der Waals surface area contributed by atoms with Crippen LogP contribution < -0.4 is 11.3 Å². The molecule has 1 aromatic heterocycles. The summed E-state index contributed by atoms with van der Waals surface area (Å²) in [5, 5.41) is 6.89. The smallest absolute Gasteiger partial charge is 0.290 e. The maximum atomic E-state index is 11.3. The van der Waals surface area contributed by atoms with Crippen molar-refractivity contribution in [2.24, 2.45) is 0 Å². The number of carbonyl (C=O) groups is 1. The summed E-state index contributed by atoms with van der Waals surface area (Å²) < 4.78 is 5.52. The van der Waals surface area contributed by atoms with E-state index in [9.17, 15) is 4.79 Å². The number of H-pyrrole nitrogens is 1. The first-order chi connectivity index (χ1) is 10.5. The number of benzene rings is 1. The number of hydrogen-bond acceptors (Lipinski definition) is 5. The Kier molecular flexibility index (Phi) is 6.78. The molecule has 0 aliphatic rings. The number of hydrogen-bond donors (Lipinski definition) is 3. The van der Waals surface area contributed by atoms with Crippen LogP contribution in [0, 0.1) is 0 Å². The summed E-state index contributed by atoms with van der Waals surface area (Å²) in [7, 11) is 0. The Morgan fingerprint density at radius 2 is 2.00 bits per heavy atom. The molecule has 4 N–H and O–H groups in total. The van der Waals surface area contributed by atoms with E-state index in [1.807, 2.05) is 38.1 Å². The van der Waals surface area contributed by atoms with E-state index < -0.39 is 0 Å². The lowest BCUT2D eigenvalue weighted by molar-refractivity contribution is -0.122. The molecule has 0 fully saturated rings. The summed E-state index contributed by atoms with van der Waals surface area (Å²) in [5.74, 6) is 0.120. The van der Waals surface area contributed by atoms with Crippen LogP contribution in [-0.2, 0) is 9.53 Å². The summed E-state index contributed by atoms with van der Waals surface area (Å²) >= 11 is 0. The Labute approximate surface area is 127 Å². The van der Waals surface area contributed by atoms with Gasteiger partial charge in [0.05, 0.1) is 11.8 Å². The SMILES string of the molecule is CCOC(C)c1ccc(-c2cc(=O)[nH]c(N)n2)cc1.O=CO. The van der Waals surface area contributed by atoms with Crippen molar-refractivity contribution in [3.05, 3.63) is 46.2 Å². The van der Waals surface area contributed by atoms with Crippen LogP contribution in [-0.4, -0.2) is 28.2 Å². The highest BCUT2D eigenvalue weighted by Crippen LogP contribution is 2.21. The minimum absolute atomic E-state index is 0.0521. The number of carboxylic acid groups (broad SMARTS) is 1. The largest absolute Gasteiger partial charge is 0.483 e. The van der Waals surface area contributed by atoms with Gasteiger partial charge in [-0.1, -0.05) is 24.3 Å². The van der Waals surface area contributed by atoms with E-state index in [0.29, 0.717) is 12.3 Å². The number of nitrogens with one attached hydrogen (secondary N) is 1. The number of aromatic nitrogens is 2. The molecule has 2 rings (SSSR count). The average Bonchev–Trinajstić information content (AvgIpc) is 2.47. The van der Waals surface area contributed by atoms with Gasteiger partial charge in [0.1, 0.15) is 0 Å². The van der Waals surface area contributed by atoms with Gasteiger partial charge in [-0.05, 0) is 19.4 Å². The number of rotatable bonds is 4. The average molecular weight is 305 g/mol. The van der Waals surface area contributed by atoms with Gasteiger partial charge >= 0.3 is 0 Å². The van der Waals surface area contributed by atoms with Crippen LogP contribution in [0.5, 0.6) is 0 Å². The van der Waals surface area contributed by atoms with Gasteiger partial charge in [-0.3, -0.25) is 14.6 Å². The highest BCUT2D eigenvalue weighted by atomic mass is 16.5. The highest BCUT2D eigenvalue weighted by molar-refractivity contribution is 5.60. The zero-order chi connectivity index (χ0) is 16.5. The molecular formula is C15H19N3O4. The van der Waals surface area contributed by atoms with Crippen molar-refractivity contribution in [3.63, 3.8) is 0 Å². The van der Waals surface area contributed by atoms with Crippen LogP contribution in [0.3, 0.4) is 0 Å². The number of aromatic amines is 1. The zero-order valence-electron chi connectivity index (χ0n) is 12.4. The fraction of sp³-hybridized carbons (Fsp3) is 0.267. The van der Waals surface area contributed by atoms with Gasteiger partial charge in [0.15, 0.2) is 0 Å². The van der Waals surface area contributed by atoms with Crippen LogP contribution >= 0.6 is 0 Å². The van der Waals surface area contributed by atoms with Crippen LogP contribution in [0.1, 0.15) is 25.5 Å². The zero-order valence-corrected chi connectivity index (χ0v) is 12.4. The summed E-state index contributed by atoms with van der Waals surface area (Å²) in [6.45, 7) is 4.39. The molecule has 0 radical (unpaired) electrons. The summed E-state index contributed by atoms with van der Waals surface area (Å²) in [4.78, 5) is 26.2. The molecule has 1 atom stereocenters. The third kappa shape index (κ3) is 5.02. The highest BCUT2D eigenvalue weighted by Gasteiger charge is 2.06. The van der Waals surface area contributed by atoms with E-state index in [2.05, 4.69) is 9.97 Å². The molecule has 0 bridgehead atoms. The molecule has 1 aromatic carbocycles. The van der Waals surface area contributed by atoms with Gasteiger partial charge in [-0.2, -0.15) is 0 Å². The monoisotopic (exact) mass is 305 g/mol. The summed E-state index contributed by atoms with van der Waals surface area (Å²) in [6.07, 6.45) is 0.0521. The lowest BCUT2D eigenvalue weighted by Crippen LogP contribution is -2.10. The summed E-state index contributed by atoms with van der Waals surface area (Å²) in [6, 6.07) is 9.18. The number of nitrogen functional groups attached to an aromatic ring is 1. The second kappa shape index (κ2) is 8.58. The number of ether oxygens (including phenoxy) is 1. The minimum atomic E-state index is -0.255. The molecule has 7 nitrogen and oxygen atoms in total. The molecule has 1 unspecified atom stereocenters. The Hall–Kier alpha value is -2.67. The third-order valence-corrected chi connectivity index (χ3v) is 2.85. The topological polar surface area (TPSA) is 118 Å². The second-order valence-corrected chi connectivity index (χ2v) is 4.34. The van der Waals surface area contributed by atoms with Crippen LogP contribution in [0.15, 0.2) is 35.1 Å². The molecule has 0 saturated carbocycles. The second-order valence-electron chi connectivity index (χ2n) is 4.34. The molecule has 0 aliphatic carbocycles. The van der Waals surface area contributed by atoms with Crippen molar-refractivity contribution >= 4 is 12.4 Å². The van der Waals surface area contributed by atoms with Crippen LogP contribution in [0.25, 0.3) is 11.3 Å². The van der Waals surface area contributed by atoms with Gasteiger partial charge in [-0.25, -0.2) is 4.98 Å². The van der Waals surface area contributed by atoms with E-state index in [-0.39, 0.29) is 24.1 Å². The van der Waals surface area contributed by atoms with E-state index in [0.717, 1.165) is 11.1 Å². The van der Waals surface area contributed by atoms with Crippen molar-refractivity contribution in [1.82, 2.24) is 9.97 Å². The fourth-order valence-corrected chi connectivity index (χ4v) is 1.90. The first-order valence-electron chi connectivity index (χ1n) is 6.68. The van der Waals surface area contributed by atoms with E-state index in [1.165, 1.54) is 6.07 Å². The quantitative estimate of drug-likeness (QED) is 0.741. The molecule has 1 heterocycles. The Morgan fingerprint density at radius 1 is 1.41 bits per heavy atom. The molecular weight excluding hydrogens is 286 g/mol. The standard InChI is InChI=1S/C14H17N3O2.CH2O2/c1-3-19-9(2)10-4-6-11(7-5-10)12-8-13(18)17-14(15)16-12;2-1-3/h4-9H,3H2,1-2H3,(H3,15,16,17,18);1H,(H,2,3). The number of anilines is 1. The molecule has 0 saturated heterocycles. The number of nitrogens with two attached hydrogens (primary N) is 1. The van der Waals surface area contributed by atoms with Crippen molar-refractivity contribution in [2.75, 3.05) is 12.3 Å². The predicted molar refractivity (Wildman–Crippen MR) is 83.4 cm³/mol. The van der Waals surface area contributed by atoms with Crippen molar-refractivity contribution < 1.29 is 14.6 Å². The summed E-state index contributed by atoms with van der Waals surface area (Å²) in [5.41, 5.74) is 7.78. The van der Waals surface area contributed by atoms with E-state index >= 15 is 0 Å². The Balaban J connectivity index is 0.000000745. The minimum Gasteiger partial charge on any atom is -0.483 e. The normalized spacial score (nSPS) is 11.2. The first kappa shape index (κ1) is 17.4. The molecule has 2 aromatic rings. The van der Waals surface area contributed by atoms with Crippen molar-refractivity contribution in [2.45, 2.75) is 20.0 Å². The Morgan fingerprint density at radius 3 is 2.50 bits per heavy atom. The van der Waals surface area contributed by atoms with Crippen molar-refractivity contribution in [3.8, 4) is 11.3 Å². The maximum absolute atomic E-state index is 11.3. The molecule has 0 amide bonds. The molecule has 7 heteroatoms. The fourth-order valence-electron chi connectivity index (χ4n) is 1.90. The van der Waals surface area contributed by atoms with Gasteiger partial charge in [-0.15, -0.1) is 0 Å². The van der Waals surface area contributed by atoms with Gasteiger partial charge < -0.3 is 15.6 Å². The molecule has 0 aliphatic heterocycles. The molecule has 118 valence electrons. The van der Waals surface area contributed by atoms with Crippen LogP contribution in [0.4, 0.5) is 5.95 Å². The van der Waals surface area contributed by atoms with Gasteiger partial charge in [0, 0.05) is 18.2 Å². The predicted octanol–water partition coefficient (Wildman–Crippen LogP) is 1.82. The number of nitrogens with zero attached hydrogens (tertiary/aromatic N) is 1.